The quantitative estimate of drug-likeness (QED) is 0.844. The van der Waals surface area contributed by atoms with E-state index in [2.05, 4.69) is 0 Å². The molecule has 3 heteroatoms. The van der Waals surface area contributed by atoms with Gasteiger partial charge in [0.15, 0.2) is 11.5 Å². The lowest BCUT2D eigenvalue weighted by Gasteiger charge is -1.98. The number of benzene rings is 2. The number of carbonyl (C=O) groups is 1. The molecule has 0 fully saturated rings. The summed E-state index contributed by atoms with van der Waals surface area (Å²) in [6, 6.07) is 18.4. The van der Waals surface area contributed by atoms with Gasteiger partial charge in [0.2, 0.25) is 0 Å². The van der Waals surface area contributed by atoms with Gasteiger partial charge < -0.3 is 9.84 Å². The van der Waals surface area contributed by atoms with E-state index >= 15 is 0 Å². The van der Waals surface area contributed by atoms with E-state index in [1.54, 1.807) is 18.2 Å². The van der Waals surface area contributed by atoms with Crippen LogP contribution in [0.1, 0.15) is 11.1 Å². The predicted molar refractivity (Wildman–Crippen MR) is 76.5 cm³/mol. The fourth-order valence-electron chi connectivity index (χ4n) is 2.08. The molecule has 3 rings (SSSR count). The summed E-state index contributed by atoms with van der Waals surface area (Å²) >= 11 is 0. The topological polar surface area (TPSA) is 46.5 Å². The standard InChI is InChI=1S/C17H12O3/c18-16-14(11-12-7-3-1-4-8-12)20-17(19)15(16)13-9-5-2-6-10-13/h1-11,18H/b14-11-. The van der Waals surface area contributed by atoms with Crippen molar-refractivity contribution in [2.45, 2.75) is 0 Å². The van der Waals surface area contributed by atoms with E-state index in [1.807, 2.05) is 48.5 Å². The maximum Gasteiger partial charge on any atom is 0.348 e. The maximum absolute atomic E-state index is 11.9. The number of aliphatic hydroxyl groups excluding tert-OH is 1. The number of hydrogen-bond donors (Lipinski definition) is 1. The van der Waals surface area contributed by atoms with Crippen LogP contribution in [0.5, 0.6) is 0 Å². The molecule has 1 aliphatic rings. The number of aliphatic hydroxyl groups is 1. The summed E-state index contributed by atoms with van der Waals surface area (Å²) in [6.07, 6.45) is 1.64. The number of hydrogen-bond acceptors (Lipinski definition) is 3. The fraction of sp³-hybridized carbons (Fsp3) is 0. The van der Waals surface area contributed by atoms with Gasteiger partial charge in [0.05, 0.1) is 0 Å². The Balaban J connectivity index is 2.03. The molecule has 2 aromatic rings. The van der Waals surface area contributed by atoms with Gasteiger partial charge in [0, 0.05) is 0 Å². The van der Waals surface area contributed by atoms with Crippen LogP contribution in [-0.2, 0) is 9.53 Å². The van der Waals surface area contributed by atoms with Crippen LogP contribution in [0, 0.1) is 0 Å². The molecule has 0 bridgehead atoms. The molecule has 0 saturated carbocycles. The van der Waals surface area contributed by atoms with Crippen molar-refractivity contribution in [3.8, 4) is 0 Å². The lowest BCUT2D eigenvalue weighted by molar-refractivity contribution is -0.131. The van der Waals surface area contributed by atoms with Crippen LogP contribution in [0.4, 0.5) is 0 Å². The van der Waals surface area contributed by atoms with E-state index in [9.17, 15) is 9.90 Å². The van der Waals surface area contributed by atoms with Crippen molar-refractivity contribution in [2.75, 3.05) is 0 Å². The van der Waals surface area contributed by atoms with E-state index in [0.717, 1.165) is 5.56 Å². The second-order valence-electron chi connectivity index (χ2n) is 4.40. The van der Waals surface area contributed by atoms with E-state index in [4.69, 9.17) is 4.74 Å². The molecule has 0 aromatic heterocycles. The molecule has 20 heavy (non-hydrogen) atoms. The maximum atomic E-state index is 11.9. The molecule has 98 valence electrons. The third kappa shape index (κ3) is 2.21. The summed E-state index contributed by atoms with van der Waals surface area (Å²) in [5.74, 6) is -0.471. The lowest BCUT2D eigenvalue weighted by Crippen LogP contribution is -1.97. The third-order valence-corrected chi connectivity index (χ3v) is 3.04. The Kier molecular flexibility index (Phi) is 3.09. The Hall–Kier alpha value is -2.81. The first-order valence-corrected chi connectivity index (χ1v) is 6.23. The Morgan fingerprint density at radius 1 is 0.900 bits per heavy atom. The summed E-state index contributed by atoms with van der Waals surface area (Å²) in [5, 5.41) is 10.2. The first kappa shape index (κ1) is 12.2. The van der Waals surface area contributed by atoms with E-state index in [1.165, 1.54) is 0 Å². The van der Waals surface area contributed by atoms with Crippen molar-refractivity contribution in [1.82, 2.24) is 0 Å². The molecule has 1 heterocycles. The lowest BCUT2D eigenvalue weighted by atomic mass is 10.1. The highest BCUT2D eigenvalue weighted by Crippen LogP contribution is 2.32. The zero-order chi connectivity index (χ0) is 13.9. The van der Waals surface area contributed by atoms with Crippen LogP contribution >= 0.6 is 0 Å². The molecule has 0 amide bonds. The smallest absolute Gasteiger partial charge is 0.348 e. The molecule has 0 spiro atoms. The highest BCUT2D eigenvalue weighted by molar-refractivity contribution is 6.20. The number of ether oxygens (including phenoxy) is 1. The molecular weight excluding hydrogens is 252 g/mol. The molecular formula is C17H12O3. The second-order valence-corrected chi connectivity index (χ2v) is 4.40. The first-order valence-electron chi connectivity index (χ1n) is 6.23. The minimum atomic E-state index is -0.532. The highest BCUT2D eigenvalue weighted by Gasteiger charge is 2.30. The summed E-state index contributed by atoms with van der Waals surface area (Å²) < 4.78 is 5.14. The molecule has 0 saturated heterocycles. The van der Waals surface area contributed by atoms with Gasteiger partial charge in [-0.1, -0.05) is 60.7 Å². The average molecular weight is 264 g/mol. The normalized spacial score (nSPS) is 16.6. The van der Waals surface area contributed by atoms with Crippen molar-refractivity contribution in [1.29, 1.82) is 0 Å². The van der Waals surface area contributed by atoms with Gasteiger partial charge >= 0.3 is 5.97 Å². The van der Waals surface area contributed by atoms with Gasteiger partial charge in [-0.25, -0.2) is 4.79 Å². The molecule has 0 atom stereocenters. The van der Waals surface area contributed by atoms with Crippen molar-refractivity contribution >= 4 is 17.6 Å². The van der Waals surface area contributed by atoms with Crippen molar-refractivity contribution in [3.05, 3.63) is 83.3 Å². The largest absolute Gasteiger partial charge is 0.504 e. The Morgan fingerprint density at radius 3 is 2.15 bits per heavy atom. The molecule has 3 nitrogen and oxygen atoms in total. The monoisotopic (exact) mass is 264 g/mol. The second kappa shape index (κ2) is 5.05. The number of carbonyl (C=O) groups excluding carboxylic acids is 1. The average Bonchev–Trinajstić information content (AvgIpc) is 2.75. The van der Waals surface area contributed by atoms with Gasteiger partial charge in [0.1, 0.15) is 5.57 Å². The molecule has 0 aliphatic carbocycles. The van der Waals surface area contributed by atoms with Gasteiger partial charge in [0.25, 0.3) is 0 Å². The van der Waals surface area contributed by atoms with E-state index < -0.39 is 5.97 Å². The minimum Gasteiger partial charge on any atom is -0.504 e. The summed E-state index contributed by atoms with van der Waals surface area (Å²) in [4.78, 5) is 11.9. The number of esters is 1. The van der Waals surface area contributed by atoms with Gasteiger partial charge in [-0.15, -0.1) is 0 Å². The molecule has 1 aliphatic heterocycles. The third-order valence-electron chi connectivity index (χ3n) is 3.04. The van der Waals surface area contributed by atoms with Crippen molar-refractivity contribution < 1.29 is 14.6 Å². The van der Waals surface area contributed by atoms with Crippen LogP contribution in [0.25, 0.3) is 11.6 Å². The summed E-state index contributed by atoms with van der Waals surface area (Å²) in [5.41, 5.74) is 1.70. The van der Waals surface area contributed by atoms with Crippen LogP contribution in [0.15, 0.2) is 72.2 Å². The SMILES string of the molecule is O=C1O/C(=C\c2ccccc2)C(O)=C1c1ccccc1. The Bertz CT molecular complexity index is 698. The number of rotatable bonds is 2. The first-order chi connectivity index (χ1) is 9.75. The zero-order valence-corrected chi connectivity index (χ0v) is 10.6. The molecule has 2 aromatic carbocycles. The molecule has 0 unspecified atom stereocenters. The Labute approximate surface area is 116 Å². The Morgan fingerprint density at radius 2 is 1.50 bits per heavy atom. The van der Waals surface area contributed by atoms with Crippen LogP contribution in [0.3, 0.4) is 0 Å². The van der Waals surface area contributed by atoms with Gasteiger partial charge in [-0.3, -0.25) is 0 Å². The summed E-state index contributed by atoms with van der Waals surface area (Å²) in [6.45, 7) is 0. The minimum absolute atomic E-state index is 0.120. The van der Waals surface area contributed by atoms with Crippen LogP contribution < -0.4 is 0 Å². The zero-order valence-electron chi connectivity index (χ0n) is 10.6. The highest BCUT2D eigenvalue weighted by atomic mass is 16.6. The van der Waals surface area contributed by atoms with Gasteiger partial charge in [-0.2, -0.15) is 0 Å². The van der Waals surface area contributed by atoms with E-state index in [-0.39, 0.29) is 17.1 Å². The van der Waals surface area contributed by atoms with E-state index in [0.29, 0.717) is 5.56 Å². The van der Waals surface area contributed by atoms with Crippen molar-refractivity contribution in [3.63, 3.8) is 0 Å². The molecule has 0 radical (unpaired) electrons. The summed E-state index contributed by atoms with van der Waals surface area (Å²) in [7, 11) is 0. The number of cyclic esters (lactones) is 1. The van der Waals surface area contributed by atoms with Crippen molar-refractivity contribution in [2.24, 2.45) is 0 Å². The van der Waals surface area contributed by atoms with Crippen LogP contribution in [-0.4, -0.2) is 11.1 Å². The molecule has 1 N–H and O–H groups in total. The van der Waals surface area contributed by atoms with Gasteiger partial charge in [-0.05, 0) is 17.2 Å². The van der Waals surface area contributed by atoms with Crippen LogP contribution in [0.2, 0.25) is 0 Å². The predicted octanol–water partition coefficient (Wildman–Crippen LogP) is 3.55. The fourth-order valence-corrected chi connectivity index (χ4v) is 2.08.